The molecule has 0 fully saturated rings. The van der Waals surface area contributed by atoms with E-state index in [1.165, 1.54) is 11.1 Å². The zero-order valence-electron chi connectivity index (χ0n) is 9.82. The molecule has 1 aliphatic carbocycles. The fourth-order valence-electron chi connectivity index (χ4n) is 2.47. The Hall–Kier alpha value is -1.36. The first-order valence-corrected chi connectivity index (χ1v) is 6.53. The standard InChI is InChI=1S/C13H14BrNO3/c14-12-3-1-2-10-6-13(15-8-16,7-18-9-17)5-4-11(10)12/h1-3,8-9H,4-7H2,(H,15,16). The van der Waals surface area contributed by atoms with E-state index in [0.29, 0.717) is 19.3 Å². The van der Waals surface area contributed by atoms with Crippen LogP contribution in [0.5, 0.6) is 0 Å². The summed E-state index contributed by atoms with van der Waals surface area (Å²) >= 11 is 3.53. The molecule has 1 unspecified atom stereocenters. The third-order valence-electron chi connectivity index (χ3n) is 3.39. The van der Waals surface area contributed by atoms with Gasteiger partial charge in [-0.25, -0.2) is 0 Å². The molecule has 18 heavy (non-hydrogen) atoms. The van der Waals surface area contributed by atoms with Gasteiger partial charge in [0.05, 0.1) is 5.54 Å². The topological polar surface area (TPSA) is 55.4 Å². The first-order chi connectivity index (χ1) is 8.71. The zero-order valence-corrected chi connectivity index (χ0v) is 11.4. The molecule has 2 rings (SSSR count). The van der Waals surface area contributed by atoms with Crippen LogP contribution in [0.15, 0.2) is 22.7 Å². The Bertz CT molecular complexity index is 464. The van der Waals surface area contributed by atoms with Crippen LogP contribution in [0.4, 0.5) is 0 Å². The van der Waals surface area contributed by atoms with Crippen LogP contribution >= 0.6 is 15.9 Å². The molecule has 1 aromatic rings. The average molecular weight is 312 g/mol. The predicted octanol–water partition coefficient (Wildman–Crippen LogP) is 1.60. The molecule has 0 saturated heterocycles. The van der Waals surface area contributed by atoms with Crippen molar-refractivity contribution < 1.29 is 14.3 Å². The van der Waals surface area contributed by atoms with Crippen LogP contribution in [-0.2, 0) is 27.2 Å². The molecule has 1 N–H and O–H groups in total. The van der Waals surface area contributed by atoms with Gasteiger partial charge in [0.25, 0.3) is 6.47 Å². The summed E-state index contributed by atoms with van der Waals surface area (Å²) in [5.41, 5.74) is 1.97. The number of rotatable bonds is 5. The van der Waals surface area contributed by atoms with Crippen molar-refractivity contribution in [1.29, 1.82) is 0 Å². The lowest BCUT2D eigenvalue weighted by Crippen LogP contribution is -2.52. The Labute approximate surface area is 114 Å². The second-order valence-corrected chi connectivity index (χ2v) is 5.36. The Balaban J connectivity index is 2.26. The normalized spacial score (nSPS) is 21.8. The zero-order chi connectivity index (χ0) is 13.0. The van der Waals surface area contributed by atoms with Gasteiger partial charge in [0, 0.05) is 4.47 Å². The number of carbonyl (C=O) groups excluding carboxylic acids is 2. The fraction of sp³-hybridized carbons (Fsp3) is 0.385. The largest absolute Gasteiger partial charge is 0.465 e. The molecule has 96 valence electrons. The highest BCUT2D eigenvalue weighted by atomic mass is 79.9. The van der Waals surface area contributed by atoms with Crippen LogP contribution in [0, 0.1) is 0 Å². The van der Waals surface area contributed by atoms with E-state index in [9.17, 15) is 9.59 Å². The van der Waals surface area contributed by atoms with Gasteiger partial charge in [0.15, 0.2) is 0 Å². The number of benzene rings is 1. The van der Waals surface area contributed by atoms with Gasteiger partial charge < -0.3 is 10.1 Å². The summed E-state index contributed by atoms with van der Waals surface area (Å²) in [4.78, 5) is 21.1. The minimum absolute atomic E-state index is 0.210. The highest BCUT2D eigenvalue weighted by Crippen LogP contribution is 2.33. The number of halogens is 1. The van der Waals surface area contributed by atoms with E-state index in [1.54, 1.807) is 0 Å². The molecule has 1 aliphatic rings. The van der Waals surface area contributed by atoms with Crippen molar-refractivity contribution in [2.45, 2.75) is 24.8 Å². The van der Waals surface area contributed by atoms with Gasteiger partial charge in [-0.3, -0.25) is 9.59 Å². The first-order valence-electron chi connectivity index (χ1n) is 5.74. The molecule has 0 radical (unpaired) electrons. The molecule has 0 heterocycles. The fourth-order valence-corrected chi connectivity index (χ4v) is 3.08. The summed E-state index contributed by atoms with van der Waals surface area (Å²) in [5, 5.41) is 2.81. The van der Waals surface area contributed by atoms with E-state index in [4.69, 9.17) is 4.74 Å². The highest BCUT2D eigenvalue weighted by molar-refractivity contribution is 9.10. The summed E-state index contributed by atoms with van der Waals surface area (Å²) in [6.07, 6.45) is 2.96. The van der Waals surface area contributed by atoms with Gasteiger partial charge in [-0.2, -0.15) is 0 Å². The van der Waals surface area contributed by atoms with Crippen LogP contribution in [0.1, 0.15) is 17.5 Å². The Morgan fingerprint density at radius 3 is 3.00 bits per heavy atom. The van der Waals surface area contributed by atoms with Gasteiger partial charge in [0.1, 0.15) is 6.61 Å². The minimum Gasteiger partial charge on any atom is -0.465 e. The number of carbonyl (C=O) groups is 2. The number of hydrogen-bond acceptors (Lipinski definition) is 3. The molecule has 0 aromatic heterocycles. The third kappa shape index (κ3) is 2.56. The monoisotopic (exact) mass is 311 g/mol. The van der Waals surface area contributed by atoms with Crippen molar-refractivity contribution >= 4 is 28.8 Å². The SMILES string of the molecule is O=CNC1(COC=O)CCc2c(Br)cccc2C1. The summed E-state index contributed by atoms with van der Waals surface area (Å²) in [6.45, 7) is 0.631. The lowest BCUT2D eigenvalue weighted by Gasteiger charge is -2.37. The molecule has 4 nitrogen and oxygen atoms in total. The summed E-state index contributed by atoms with van der Waals surface area (Å²) in [7, 11) is 0. The van der Waals surface area contributed by atoms with Crippen molar-refractivity contribution in [2.75, 3.05) is 6.61 Å². The highest BCUT2D eigenvalue weighted by Gasteiger charge is 2.35. The molecule has 5 heteroatoms. The van der Waals surface area contributed by atoms with Crippen LogP contribution in [0.3, 0.4) is 0 Å². The second kappa shape index (κ2) is 5.52. The maximum Gasteiger partial charge on any atom is 0.293 e. The molecule has 0 spiro atoms. The van der Waals surface area contributed by atoms with Gasteiger partial charge in [-0.15, -0.1) is 0 Å². The smallest absolute Gasteiger partial charge is 0.293 e. The average Bonchev–Trinajstić information content (AvgIpc) is 2.37. The molecule has 0 bridgehead atoms. The van der Waals surface area contributed by atoms with Gasteiger partial charge in [0.2, 0.25) is 6.41 Å². The van der Waals surface area contributed by atoms with Gasteiger partial charge in [-0.1, -0.05) is 28.1 Å². The van der Waals surface area contributed by atoms with Crippen LogP contribution < -0.4 is 5.32 Å². The lowest BCUT2D eigenvalue weighted by molar-refractivity contribution is -0.132. The predicted molar refractivity (Wildman–Crippen MR) is 70.1 cm³/mol. The molecular formula is C13H14BrNO3. The molecular weight excluding hydrogens is 298 g/mol. The van der Waals surface area contributed by atoms with Crippen LogP contribution in [0.25, 0.3) is 0 Å². The number of hydrogen-bond donors (Lipinski definition) is 1. The van der Waals surface area contributed by atoms with Crippen molar-refractivity contribution in [1.82, 2.24) is 5.32 Å². The minimum atomic E-state index is -0.476. The van der Waals surface area contributed by atoms with Crippen LogP contribution in [0.2, 0.25) is 0 Å². The lowest BCUT2D eigenvalue weighted by atomic mass is 9.78. The Kier molecular flexibility index (Phi) is 4.01. The van der Waals surface area contributed by atoms with Crippen molar-refractivity contribution in [3.05, 3.63) is 33.8 Å². The number of amides is 1. The molecule has 0 saturated carbocycles. The Morgan fingerprint density at radius 1 is 1.44 bits per heavy atom. The van der Waals surface area contributed by atoms with E-state index in [1.807, 2.05) is 18.2 Å². The van der Waals surface area contributed by atoms with E-state index in [0.717, 1.165) is 17.3 Å². The Morgan fingerprint density at radius 2 is 2.28 bits per heavy atom. The van der Waals surface area contributed by atoms with Crippen molar-refractivity contribution in [3.8, 4) is 0 Å². The van der Waals surface area contributed by atoms with E-state index in [2.05, 4.69) is 21.2 Å². The first kappa shape index (κ1) is 13.1. The van der Waals surface area contributed by atoms with Crippen molar-refractivity contribution in [3.63, 3.8) is 0 Å². The molecule has 1 amide bonds. The van der Waals surface area contributed by atoms with E-state index < -0.39 is 5.54 Å². The second-order valence-electron chi connectivity index (χ2n) is 4.50. The summed E-state index contributed by atoms with van der Waals surface area (Å²) < 4.78 is 5.95. The maximum absolute atomic E-state index is 10.8. The van der Waals surface area contributed by atoms with Gasteiger partial charge in [-0.05, 0) is 36.5 Å². The summed E-state index contributed by atoms with van der Waals surface area (Å²) in [6, 6.07) is 6.03. The summed E-state index contributed by atoms with van der Waals surface area (Å²) in [5.74, 6) is 0. The maximum atomic E-state index is 10.8. The molecule has 1 aromatic carbocycles. The van der Waals surface area contributed by atoms with E-state index in [-0.39, 0.29) is 6.61 Å². The molecule has 0 aliphatic heterocycles. The number of fused-ring (bicyclic) bond motifs is 1. The number of ether oxygens (including phenoxy) is 1. The van der Waals surface area contributed by atoms with E-state index >= 15 is 0 Å². The third-order valence-corrected chi connectivity index (χ3v) is 4.13. The van der Waals surface area contributed by atoms with Gasteiger partial charge >= 0.3 is 0 Å². The number of nitrogens with one attached hydrogen (secondary N) is 1. The quantitative estimate of drug-likeness (QED) is 0.840. The van der Waals surface area contributed by atoms with Crippen LogP contribution in [-0.4, -0.2) is 25.0 Å². The molecule has 1 atom stereocenters. The van der Waals surface area contributed by atoms with Crippen molar-refractivity contribution in [2.24, 2.45) is 0 Å².